The summed E-state index contributed by atoms with van der Waals surface area (Å²) in [4.78, 5) is 26.1. The van der Waals surface area contributed by atoms with Crippen molar-refractivity contribution in [3.8, 4) is 0 Å². The van der Waals surface area contributed by atoms with E-state index in [1.807, 2.05) is 0 Å². The third kappa shape index (κ3) is 3.60. The van der Waals surface area contributed by atoms with Crippen molar-refractivity contribution in [2.75, 3.05) is 26.7 Å². The number of hydrogen-bond acceptors (Lipinski definition) is 3. The Morgan fingerprint density at radius 2 is 2.17 bits per heavy atom. The number of aliphatic hydroxyl groups excluding tert-OH is 1. The van der Waals surface area contributed by atoms with Crippen molar-refractivity contribution in [3.05, 3.63) is 0 Å². The first kappa shape index (κ1) is 14.8. The van der Waals surface area contributed by atoms with Gasteiger partial charge in [-0.05, 0) is 19.3 Å². The first-order valence-corrected chi connectivity index (χ1v) is 6.32. The lowest BCUT2D eigenvalue weighted by Crippen LogP contribution is -2.46. The number of hydrogen-bond donors (Lipinski definition) is 2. The molecule has 0 aromatic carbocycles. The molecule has 1 rings (SSSR count). The number of carboxylic acids is 1. The molecule has 104 valence electrons. The van der Waals surface area contributed by atoms with Crippen LogP contribution in [0.5, 0.6) is 0 Å². The second-order valence-corrected chi connectivity index (χ2v) is 4.90. The van der Waals surface area contributed by atoms with E-state index in [1.54, 1.807) is 18.9 Å². The van der Waals surface area contributed by atoms with Gasteiger partial charge in [0.05, 0.1) is 5.92 Å². The standard InChI is InChI=1S/C12H22N2O4/c1-9(11(16)17)8-13(2)12(18)14-6-3-4-10(14)5-7-15/h9-10,15H,3-8H2,1-2H3,(H,16,17). The maximum Gasteiger partial charge on any atom is 0.320 e. The Hall–Kier alpha value is -1.30. The van der Waals surface area contributed by atoms with E-state index in [-0.39, 0.29) is 25.2 Å². The van der Waals surface area contributed by atoms with Gasteiger partial charge in [0.25, 0.3) is 0 Å². The molecule has 0 spiro atoms. The number of aliphatic hydroxyl groups is 1. The second kappa shape index (κ2) is 6.58. The number of amides is 2. The quantitative estimate of drug-likeness (QED) is 0.757. The summed E-state index contributed by atoms with van der Waals surface area (Å²) in [5.74, 6) is -1.47. The first-order chi connectivity index (χ1) is 8.47. The summed E-state index contributed by atoms with van der Waals surface area (Å²) in [5, 5.41) is 17.8. The Bertz CT molecular complexity index is 308. The molecular formula is C12H22N2O4. The average molecular weight is 258 g/mol. The van der Waals surface area contributed by atoms with E-state index in [0.29, 0.717) is 13.0 Å². The lowest BCUT2D eigenvalue weighted by Gasteiger charge is -2.30. The van der Waals surface area contributed by atoms with Gasteiger partial charge in [-0.1, -0.05) is 6.92 Å². The van der Waals surface area contributed by atoms with E-state index in [1.165, 1.54) is 4.90 Å². The predicted octanol–water partition coefficient (Wildman–Crippen LogP) is 0.606. The van der Waals surface area contributed by atoms with Gasteiger partial charge in [0, 0.05) is 32.8 Å². The van der Waals surface area contributed by atoms with Crippen LogP contribution < -0.4 is 0 Å². The topological polar surface area (TPSA) is 81.1 Å². The van der Waals surface area contributed by atoms with Crippen LogP contribution in [0, 0.1) is 5.92 Å². The Morgan fingerprint density at radius 3 is 2.72 bits per heavy atom. The number of carbonyl (C=O) groups is 2. The number of aliphatic carboxylic acids is 1. The normalized spacial score (nSPS) is 20.8. The van der Waals surface area contributed by atoms with Crippen LogP contribution in [0.2, 0.25) is 0 Å². The van der Waals surface area contributed by atoms with Gasteiger partial charge in [-0.15, -0.1) is 0 Å². The number of likely N-dealkylation sites (tertiary alicyclic amines) is 1. The molecule has 1 fully saturated rings. The van der Waals surface area contributed by atoms with Crippen LogP contribution in [0.1, 0.15) is 26.2 Å². The van der Waals surface area contributed by atoms with Gasteiger partial charge in [0.1, 0.15) is 0 Å². The molecule has 6 heteroatoms. The van der Waals surface area contributed by atoms with Gasteiger partial charge in [-0.2, -0.15) is 0 Å². The summed E-state index contributed by atoms with van der Waals surface area (Å²) in [5.41, 5.74) is 0. The molecule has 1 heterocycles. The fourth-order valence-corrected chi connectivity index (χ4v) is 2.32. The number of rotatable bonds is 5. The van der Waals surface area contributed by atoms with Crippen molar-refractivity contribution in [3.63, 3.8) is 0 Å². The molecule has 6 nitrogen and oxygen atoms in total. The molecule has 0 aromatic rings. The molecule has 0 aromatic heterocycles. The predicted molar refractivity (Wildman–Crippen MR) is 66.3 cm³/mol. The number of nitrogens with zero attached hydrogens (tertiary/aromatic N) is 2. The van der Waals surface area contributed by atoms with Gasteiger partial charge < -0.3 is 20.0 Å². The van der Waals surface area contributed by atoms with Gasteiger partial charge in [0.15, 0.2) is 0 Å². The molecule has 18 heavy (non-hydrogen) atoms. The van der Waals surface area contributed by atoms with Crippen molar-refractivity contribution in [2.45, 2.75) is 32.2 Å². The fourth-order valence-electron chi connectivity index (χ4n) is 2.32. The summed E-state index contributed by atoms with van der Waals surface area (Å²) in [6.45, 7) is 2.55. The minimum Gasteiger partial charge on any atom is -0.481 e. The second-order valence-electron chi connectivity index (χ2n) is 4.90. The zero-order valence-electron chi connectivity index (χ0n) is 11.0. The van der Waals surface area contributed by atoms with Crippen LogP contribution in [-0.4, -0.2) is 64.8 Å². The Kier molecular flexibility index (Phi) is 5.40. The van der Waals surface area contributed by atoms with Crippen LogP contribution in [0.3, 0.4) is 0 Å². The summed E-state index contributed by atoms with van der Waals surface area (Å²) < 4.78 is 0. The molecule has 2 unspecified atom stereocenters. The highest BCUT2D eigenvalue weighted by Crippen LogP contribution is 2.21. The number of carbonyl (C=O) groups excluding carboxylic acids is 1. The monoisotopic (exact) mass is 258 g/mol. The molecule has 1 aliphatic heterocycles. The summed E-state index contributed by atoms with van der Waals surface area (Å²) >= 11 is 0. The van der Waals surface area contributed by atoms with Gasteiger partial charge >= 0.3 is 12.0 Å². The Morgan fingerprint density at radius 1 is 1.50 bits per heavy atom. The zero-order chi connectivity index (χ0) is 13.7. The Balaban J connectivity index is 2.54. The lowest BCUT2D eigenvalue weighted by atomic mass is 10.1. The van der Waals surface area contributed by atoms with Gasteiger partial charge in [-0.3, -0.25) is 4.79 Å². The highest BCUT2D eigenvalue weighted by Gasteiger charge is 2.30. The molecule has 0 saturated carbocycles. The minimum absolute atomic E-state index is 0.0731. The molecule has 2 N–H and O–H groups in total. The largest absolute Gasteiger partial charge is 0.481 e. The van der Waals surface area contributed by atoms with Crippen molar-refractivity contribution >= 4 is 12.0 Å². The van der Waals surface area contributed by atoms with Gasteiger partial charge in [0.2, 0.25) is 0 Å². The van der Waals surface area contributed by atoms with Gasteiger partial charge in [-0.25, -0.2) is 4.79 Å². The van der Waals surface area contributed by atoms with Crippen molar-refractivity contribution in [1.29, 1.82) is 0 Å². The van der Waals surface area contributed by atoms with Crippen molar-refractivity contribution in [1.82, 2.24) is 9.80 Å². The van der Waals surface area contributed by atoms with E-state index < -0.39 is 11.9 Å². The maximum atomic E-state index is 12.2. The van der Waals surface area contributed by atoms with E-state index in [2.05, 4.69) is 0 Å². The lowest BCUT2D eigenvalue weighted by molar-refractivity contribution is -0.141. The van der Waals surface area contributed by atoms with Crippen LogP contribution in [0.4, 0.5) is 4.79 Å². The Labute approximate surface area is 107 Å². The van der Waals surface area contributed by atoms with Crippen LogP contribution >= 0.6 is 0 Å². The first-order valence-electron chi connectivity index (χ1n) is 6.32. The SMILES string of the molecule is CC(CN(C)C(=O)N1CCCC1CCO)C(=O)O. The molecule has 0 aliphatic carbocycles. The zero-order valence-corrected chi connectivity index (χ0v) is 11.0. The molecule has 2 amide bonds. The number of urea groups is 1. The molecular weight excluding hydrogens is 236 g/mol. The van der Waals surface area contributed by atoms with E-state index >= 15 is 0 Å². The molecule has 0 bridgehead atoms. The van der Waals surface area contributed by atoms with Crippen LogP contribution in [0.15, 0.2) is 0 Å². The third-order valence-corrected chi connectivity index (χ3v) is 3.38. The molecule has 1 saturated heterocycles. The van der Waals surface area contributed by atoms with E-state index in [9.17, 15) is 9.59 Å². The van der Waals surface area contributed by atoms with Crippen molar-refractivity contribution in [2.24, 2.45) is 5.92 Å². The summed E-state index contributed by atoms with van der Waals surface area (Å²) in [6.07, 6.45) is 2.45. The maximum absolute atomic E-state index is 12.2. The third-order valence-electron chi connectivity index (χ3n) is 3.38. The fraction of sp³-hybridized carbons (Fsp3) is 0.833. The smallest absolute Gasteiger partial charge is 0.320 e. The van der Waals surface area contributed by atoms with Crippen LogP contribution in [-0.2, 0) is 4.79 Å². The summed E-state index contributed by atoms with van der Waals surface area (Å²) in [7, 11) is 1.62. The molecule has 1 aliphatic rings. The van der Waals surface area contributed by atoms with Crippen LogP contribution in [0.25, 0.3) is 0 Å². The average Bonchev–Trinajstić information content (AvgIpc) is 2.76. The summed E-state index contributed by atoms with van der Waals surface area (Å²) in [6, 6.07) is -0.0517. The van der Waals surface area contributed by atoms with E-state index in [0.717, 1.165) is 12.8 Å². The highest BCUT2D eigenvalue weighted by molar-refractivity contribution is 5.76. The van der Waals surface area contributed by atoms with E-state index in [4.69, 9.17) is 10.2 Å². The minimum atomic E-state index is -0.900. The highest BCUT2D eigenvalue weighted by atomic mass is 16.4. The molecule has 2 atom stereocenters. The molecule has 0 radical (unpaired) electrons. The number of carboxylic acid groups (broad SMARTS) is 1. The van der Waals surface area contributed by atoms with Crippen molar-refractivity contribution < 1.29 is 19.8 Å².